The second-order valence-corrected chi connectivity index (χ2v) is 5.19. The lowest BCUT2D eigenvalue weighted by Gasteiger charge is -2.24. The molecule has 0 bridgehead atoms. The van der Waals surface area contributed by atoms with Gasteiger partial charge in [0, 0.05) is 5.56 Å². The zero-order valence-corrected chi connectivity index (χ0v) is 11.9. The summed E-state index contributed by atoms with van der Waals surface area (Å²) in [5.41, 5.74) is 0.792. The molecule has 0 aromatic heterocycles. The summed E-state index contributed by atoms with van der Waals surface area (Å²) in [7, 11) is 1.60. The van der Waals surface area contributed by atoms with Crippen LogP contribution in [-0.2, 0) is 4.74 Å². The molecule has 0 unspecified atom stereocenters. The molecule has 3 heteroatoms. The SMILES string of the molecule is COc1ccc(F)cc1[C@H](CC(C)C)OC(C)C. The lowest BCUT2D eigenvalue weighted by Crippen LogP contribution is -2.14. The van der Waals surface area contributed by atoms with E-state index in [1.54, 1.807) is 13.2 Å². The summed E-state index contributed by atoms with van der Waals surface area (Å²) in [5.74, 6) is 0.899. The largest absolute Gasteiger partial charge is 0.496 e. The fraction of sp³-hybridized carbons (Fsp3) is 0.600. The topological polar surface area (TPSA) is 18.5 Å². The van der Waals surface area contributed by atoms with Crippen LogP contribution in [0.3, 0.4) is 0 Å². The quantitative estimate of drug-likeness (QED) is 0.751. The predicted octanol–water partition coefficient (Wildman–Crippen LogP) is 4.35. The van der Waals surface area contributed by atoms with E-state index < -0.39 is 0 Å². The molecule has 0 heterocycles. The number of halogens is 1. The van der Waals surface area contributed by atoms with Gasteiger partial charge in [0.15, 0.2) is 0 Å². The van der Waals surface area contributed by atoms with E-state index in [1.165, 1.54) is 12.1 Å². The van der Waals surface area contributed by atoms with Crippen molar-refractivity contribution >= 4 is 0 Å². The third-order valence-corrected chi connectivity index (χ3v) is 2.66. The smallest absolute Gasteiger partial charge is 0.124 e. The van der Waals surface area contributed by atoms with Crippen LogP contribution >= 0.6 is 0 Å². The van der Waals surface area contributed by atoms with E-state index in [0.29, 0.717) is 11.7 Å². The maximum atomic E-state index is 13.4. The highest BCUT2D eigenvalue weighted by atomic mass is 19.1. The van der Waals surface area contributed by atoms with Crippen molar-refractivity contribution in [3.63, 3.8) is 0 Å². The third kappa shape index (κ3) is 4.30. The maximum absolute atomic E-state index is 13.4. The summed E-state index contributed by atoms with van der Waals surface area (Å²) < 4.78 is 24.6. The zero-order chi connectivity index (χ0) is 13.7. The van der Waals surface area contributed by atoms with Crippen molar-refractivity contribution in [1.82, 2.24) is 0 Å². The molecule has 1 rings (SSSR count). The molecule has 0 saturated heterocycles. The van der Waals surface area contributed by atoms with Crippen LogP contribution in [0.1, 0.15) is 45.8 Å². The average Bonchev–Trinajstić information content (AvgIpc) is 2.26. The van der Waals surface area contributed by atoms with Gasteiger partial charge in [0.05, 0.1) is 19.3 Å². The zero-order valence-electron chi connectivity index (χ0n) is 11.9. The minimum absolute atomic E-state index is 0.0988. The highest BCUT2D eigenvalue weighted by Crippen LogP contribution is 2.33. The van der Waals surface area contributed by atoms with Gasteiger partial charge in [-0.3, -0.25) is 0 Å². The summed E-state index contributed by atoms with van der Waals surface area (Å²) in [6, 6.07) is 4.57. The van der Waals surface area contributed by atoms with Gasteiger partial charge in [-0.15, -0.1) is 0 Å². The highest BCUT2D eigenvalue weighted by molar-refractivity contribution is 5.35. The number of benzene rings is 1. The van der Waals surface area contributed by atoms with E-state index in [1.807, 2.05) is 13.8 Å². The van der Waals surface area contributed by atoms with Crippen LogP contribution in [0.25, 0.3) is 0 Å². The molecule has 0 radical (unpaired) electrons. The molecule has 0 spiro atoms. The van der Waals surface area contributed by atoms with Gasteiger partial charge in [-0.2, -0.15) is 0 Å². The molecule has 18 heavy (non-hydrogen) atoms. The Balaban J connectivity index is 3.05. The first-order valence-electron chi connectivity index (χ1n) is 6.43. The van der Waals surface area contributed by atoms with Crippen LogP contribution < -0.4 is 4.74 Å². The van der Waals surface area contributed by atoms with Crippen molar-refractivity contribution in [2.24, 2.45) is 5.92 Å². The van der Waals surface area contributed by atoms with Crippen molar-refractivity contribution in [3.8, 4) is 5.75 Å². The molecule has 0 N–H and O–H groups in total. The summed E-state index contributed by atoms with van der Waals surface area (Å²) in [6.45, 7) is 8.23. The molecule has 0 fully saturated rings. The average molecular weight is 254 g/mol. The molecular weight excluding hydrogens is 231 g/mol. The highest BCUT2D eigenvalue weighted by Gasteiger charge is 2.20. The lowest BCUT2D eigenvalue weighted by molar-refractivity contribution is -0.00618. The fourth-order valence-electron chi connectivity index (χ4n) is 1.97. The second-order valence-electron chi connectivity index (χ2n) is 5.19. The van der Waals surface area contributed by atoms with Crippen LogP contribution in [0.5, 0.6) is 5.75 Å². The molecule has 0 aliphatic heterocycles. The van der Waals surface area contributed by atoms with E-state index in [2.05, 4.69) is 13.8 Å². The first-order chi connectivity index (χ1) is 8.43. The minimum atomic E-state index is -0.257. The summed E-state index contributed by atoms with van der Waals surface area (Å²) in [6.07, 6.45) is 0.815. The first-order valence-corrected chi connectivity index (χ1v) is 6.43. The van der Waals surface area contributed by atoms with Crippen LogP contribution in [-0.4, -0.2) is 13.2 Å². The molecular formula is C15H23FO2. The van der Waals surface area contributed by atoms with Crippen molar-refractivity contribution in [2.45, 2.75) is 46.3 Å². The van der Waals surface area contributed by atoms with Gasteiger partial charge in [-0.1, -0.05) is 13.8 Å². The van der Waals surface area contributed by atoms with Crippen molar-refractivity contribution < 1.29 is 13.9 Å². The number of hydrogen-bond acceptors (Lipinski definition) is 2. The van der Waals surface area contributed by atoms with Crippen LogP contribution in [0.4, 0.5) is 4.39 Å². The summed E-state index contributed by atoms with van der Waals surface area (Å²) in [4.78, 5) is 0. The Bertz CT molecular complexity index is 365. The number of rotatable bonds is 6. The van der Waals surface area contributed by atoms with Gasteiger partial charge in [0.1, 0.15) is 11.6 Å². The molecule has 0 aliphatic carbocycles. The standard InChI is InChI=1S/C15H23FO2/c1-10(2)8-15(18-11(3)4)13-9-12(16)6-7-14(13)17-5/h6-7,9-11,15H,8H2,1-5H3/t15-/m0/s1. The monoisotopic (exact) mass is 254 g/mol. The second kappa shape index (κ2) is 6.74. The van der Waals surface area contributed by atoms with Gasteiger partial charge in [0.25, 0.3) is 0 Å². The van der Waals surface area contributed by atoms with E-state index in [4.69, 9.17) is 9.47 Å². The van der Waals surface area contributed by atoms with Gasteiger partial charge >= 0.3 is 0 Å². The normalized spacial score (nSPS) is 13.1. The van der Waals surface area contributed by atoms with E-state index >= 15 is 0 Å². The van der Waals surface area contributed by atoms with Crippen molar-refractivity contribution in [3.05, 3.63) is 29.6 Å². The van der Waals surface area contributed by atoms with Crippen LogP contribution in [0.2, 0.25) is 0 Å². The molecule has 0 amide bonds. The molecule has 0 saturated carbocycles. The first kappa shape index (κ1) is 15.0. The van der Waals surface area contributed by atoms with Gasteiger partial charge in [-0.25, -0.2) is 4.39 Å². The summed E-state index contributed by atoms with van der Waals surface area (Å²) >= 11 is 0. The number of methoxy groups -OCH3 is 1. The molecule has 1 aromatic carbocycles. The molecule has 0 aliphatic rings. The Hall–Kier alpha value is -1.09. The van der Waals surface area contributed by atoms with Crippen LogP contribution in [0.15, 0.2) is 18.2 Å². The van der Waals surface area contributed by atoms with Gasteiger partial charge in [-0.05, 0) is 44.4 Å². The molecule has 102 valence electrons. The Morgan fingerprint density at radius 1 is 1.17 bits per heavy atom. The minimum Gasteiger partial charge on any atom is -0.496 e. The van der Waals surface area contributed by atoms with Gasteiger partial charge < -0.3 is 9.47 Å². The van der Waals surface area contributed by atoms with E-state index in [-0.39, 0.29) is 18.0 Å². The molecule has 1 aromatic rings. The Labute approximate surface area is 109 Å². The predicted molar refractivity (Wildman–Crippen MR) is 71.4 cm³/mol. The molecule has 1 atom stereocenters. The van der Waals surface area contributed by atoms with E-state index in [0.717, 1.165) is 12.0 Å². The number of ether oxygens (including phenoxy) is 2. The lowest BCUT2D eigenvalue weighted by atomic mass is 9.98. The Kier molecular flexibility index (Phi) is 5.60. The Morgan fingerprint density at radius 3 is 2.33 bits per heavy atom. The maximum Gasteiger partial charge on any atom is 0.124 e. The Morgan fingerprint density at radius 2 is 1.83 bits per heavy atom. The number of hydrogen-bond donors (Lipinski definition) is 0. The van der Waals surface area contributed by atoms with Crippen LogP contribution in [0, 0.1) is 11.7 Å². The molecule has 2 nitrogen and oxygen atoms in total. The fourth-order valence-corrected chi connectivity index (χ4v) is 1.97. The van der Waals surface area contributed by atoms with Crippen molar-refractivity contribution in [1.29, 1.82) is 0 Å². The third-order valence-electron chi connectivity index (χ3n) is 2.66. The van der Waals surface area contributed by atoms with Gasteiger partial charge in [0.2, 0.25) is 0 Å². The summed E-state index contributed by atoms with van der Waals surface area (Å²) in [5, 5.41) is 0. The van der Waals surface area contributed by atoms with Crippen molar-refractivity contribution in [2.75, 3.05) is 7.11 Å². The van der Waals surface area contributed by atoms with E-state index in [9.17, 15) is 4.39 Å².